The van der Waals surface area contributed by atoms with E-state index in [1.165, 1.54) is 37.5 Å². The van der Waals surface area contributed by atoms with E-state index in [2.05, 4.69) is 20.9 Å². The molecule has 0 spiro atoms. The van der Waals surface area contributed by atoms with Crippen LogP contribution in [0.2, 0.25) is 0 Å². The molecule has 6 nitrogen and oxygen atoms in total. The maximum atomic E-state index is 13.1. The van der Waals surface area contributed by atoms with Crippen molar-refractivity contribution in [3.63, 3.8) is 0 Å². The standard InChI is InChI=1S/C24H15BrFNO5/c1-30-20-13-14(11-18(25)21(20)31-23(28)16-5-3-2-4-6-16)12-19-24(29)32-22(27-19)15-7-9-17(26)10-8-15/h2-13H,1H3/b19-12-. The highest BCUT2D eigenvalue weighted by molar-refractivity contribution is 9.10. The molecule has 0 radical (unpaired) electrons. The lowest BCUT2D eigenvalue weighted by Gasteiger charge is -2.12. The molecule has 160 valence electrons. The van der Waals surface area contributed by atoms with Gasteiger partial charge in [-0.05, 0) is 76.1 Å². The zero-order valence-corrected chi connectivity index (χ0v) is 18.3. The molecule has 4 rings (SSSR count). The Morgan fingerprint density at radius 2 is 1.81 bits per heavy atom. The minimum atomic E-state index is -0.640. The predicted molar refractivity (Wildman–Crippen MR) is 119 cm³/mol. The molecule has 1 heterocycles. The predicted octanol–water partition coefficient (Wildman–Crippen LogP) is 5.16. The number of benzene rings is 3. The van der Waals surface area contributed by atoms with Crippen LogP contribution in [0.15, 0.2) is 81.9 Å². The van der Waals surface area contributed by atoms with Crippen molar-refractivity contribution >= 4 is 39.8 Å². The van der Waals surface area contributed by atoms with Gasteiger partial charge < -0.3 is 14.2 Å². The molecule has 0 fully saturated rings. The average Bonchev–Trinajstić information content (AvgIpc) is 3.16. The number of hydrogen-bond acceptors (Lipinski definition) is 6. The summed E-state index contributed by atoms with van der Waals surface area (Å²) in [4.78, 5) is 28.9. The third-order valence-electron chi connectivity index (χ3n) is 4.47. The van der Waals surface area contributed by atoms with Crippen LogP contribution in [0, 0.1) is 5.82 Å². The van der Waals surface area contributed by atoms with E-state index in [1.807, 2.05) is 0 Å². The minimum absolute atomic E-state index is 0.0623. The second-order valence-electron chi connectivity index (χ2n) is 6.63. The number of halogens is 2. The quantitative estimate of drug-likeness (QED) is 0.277. The zero-order valence-electron chi connectivity index (χ0n) is 16.7. The topological polar surface area (TPSA) is 74.2 Å². The number of cyclic esters (lactones) is 1. The van der Waals surface area contributed by atoms with Crippen molar-refractivity contribution in [1.29, 1.82) is 0 Å². The Morgan fingerprint density at radius 1 is 1.09 bits per heavy atom. The number of carbonyl (C=O) groups is 2. The number of nitrogens with zero attached hydrogens (tertiary/aromatic N) is 1. The van der Waals surface area contributed by atoms with E-state index in [-0.39, 0.29) is 23.1 Å². The number of methoxy groups -OCH3 is 1. The fraction of sp³-hybridized carbons (Fsp3) is 0.0417. The first-order chi connectivity index (χ1) is 15.4. The van der Waals surface area contributed by atoms with Crippen molar-refractivity contribution in [1.82, 2.24) is 0 Å². The molecule has 3 aromatic carbocycles. The number of ether oxygens (including phenoxy) is 3. The number of carbonyl (C=O) groups excluding carboxylic acids is 2. The fourth-order valence-corrected chi connectivity index (χ4v) is 3.47. The second kappa shape index (κ2) is 9.15. The summed E-state index contributed by atoms with van der Waals surface area (Å²) >= 11 is 3.39. The Morgan fingerprint density at radius 3 is 2.50 bits per heavy atom. The lowest BCUT2D eigenvalue weighted by Crippen LogP contribution is -2.09. The van der Waals surface area contributed by atoms with Crippen LogP contribution >= 0.6 is 15.9 Å². The second-order valence-corrected chi connectivity index (χ2v) is 7.49. The number of esters is 2. The summed E-state index contributed by atoms with van der Waals surface area (Å²) in [6.07, 6.45) is 1.51. The molecule has 0 aromatic heterocycles. The normalized spacial score (nSPS) is 14.2. The van der Waals surface area contributed by atoms with Crippen LogP contribution in [-0.4, -0.2) is 24.9 Å². The summed E-state index contributed by atoms with van der Waals surface area (Å²) in [5.41, 5.74) is 1.49. The van der Waals surface area contributed by atoms with E-state index in [4.69, 9.17) is 14.2 Å². The summed E-state index contributed by atoms with van der Waals surface area (Å²) in [5.74, 6) is -1.01. The van der Waals surface area contributed by atoms with Gasteiger partial charge in [-0.2, -0.15) is 0 Å². The van der Waals surface area contributed by atoms with E-state index >= 15 is 0 Å². The van der Waals surface area contributed by atoms with E-state index in [1.54, 1.807) is 42.5 Å². The summed E-state index contributed by atoms with van der Waals surface area (Å²) in [6, 6.07) is 17.3. The van der Waals surface area contributed by atoms with Crippen LogP contribution in [0.3, 0.4) is 0 Å². The molecule has 0 amide bonds. The monoisotopic (exact) mass is 495 g/mol. The molecule has 0 saturated heterocycles. The first-order valence-electron chi connectivity index (χ1n) is 9.38. The first kappa shape index (κ1) is 21.5. The summed E-state index contributed by atoms with van der Waals surface area (Å²) in [5, 5.41) is 0. The third kappa shape index (κ3) is 4.60. The van der Waals surface area contributed by atoms with Gasteiger partial charge in [0.05, 0.1) is 17.1 Å². The molecule has 1 aliphatic heterocycles. The Kier molecular flexibility index (Phi) is 6.13. The number of rotatable bonds is 5. The van der Waals surface area contributed by atoms with Gasteiger partial charge in [0.25, 0.3) is 0 Å². The molecule has 1 aliphatic rings. The lowest BCUT2D eigenvalue weighted by molar-refractivity contribution is -0.129. The Hall–Kier alpha value is -3.78. The molecule has 0 atom stereocenters. The summed E-state index contributed by atoms with van der Waals surface area (Å²) < 4.78 is 29.6. The molecule has 0 unspecified atom stereocenters. The van der Waals surface area contributed by atoms with Gasteiger partial charge >= 0.3 is 11.9 Å². The van der Waals surface area contributed by atoms with Gasteiger partial charge in [0.1, 0.15) is 5.82 Å². The van der Waals surface area contributed by atoms with Gasteiger partial charge in [-0.15, -0.1) is 0 Å². The van der Waals surface area contributed by atoms with E-state index in [0.717, 1.165) is 0 Å². The maximum Gasteiger partial charge on any atom is 0.363 e. The Bertz CT molecular complexity index is 1250. The summed E-state index contributed by atoms with van der Waals surface area (Å²) in [7, 11) is 1.44. The van der Waals surface area contributed by atoms with Gasteiger partial charge in [0.2, 0.25) is 5.90 Å². The minimum Gasteiger partial charge on any atom is -0.493 e. The van der Waals surface area contributed by atoms with Gasteiger partial charge in [0.15, 0.2) is 17.2 Å². The van der Waals surface area contributed by atoms with Crippen molar-refractivity contribution < 1.29 is 28.2 Å². The average molecular weight is 496 g/mol. The van der Waals surface area contributed by atoms with Crippen molar-refractivity contribution in [2.24, 2.45) is 4.99 Å². The highest BCUT2D eigenvalue weighted by Gasteiger charge is 2.25. The third-order valence-corrected chi connectivity index (χ3v) is 5.06. The van der Waals surface area contributed by atoms with Crippen LogP contribution in [0.25, 0.3) is 6.08 Å². The molecule has 32 heavy (non-hydrogen) atoms. The van der Waals surface area contributed by atoms with Crippen LogP contribution in [0.5, 0.6) is 11.5 Å². The van der Waals surface area contributed by atoms with E-state index in [0.29, 0.717) is 21.2 Å². The molecule has 0 N–H and O–H groups in total. The largest absolute Gasteiger partial charge is 0.493 e. The number of hydrogen-bond donors (Lipinski definition) is 0. The molecular formula is C24H15BrFNO5. The SMILES string of the molecule is COc1cc(/C=C2\N=C(c3ccc(F)cc3)OC2=O)cc(Br)c1OC(=O)c1ccccc1. The molecule has 3 aromatic rings. The van der Waals surface area contributed by atoms with Crippen molar-refractivity contribution in [2.45, 2.75) is 0 Å². The smallest absolute Gasteiger partial charge is 0.363 e. The van der Waals surface area contributed by atoms with Gasteiger partial charge in [-0.3, -0.25) is 0 Å². The first-order valence-corrected chi connectivity index (χ1v) is 10.2. The highest BCUT2D eigenvalue weighted by Crippen LogP contribution is 2.38. The lowest BCUT2D eigenvalue weighted by atomic mass is 10.1. The Balaban J connectivity index is 1.62. The molecule has 0 aliphatic carbocycles. The van der Waals surface area contributed by atoms with Crippen molar-refractivity contribution in [3.8, 4) is 11.5 Å². The van der Waals surface area contributed by atoms with Crippen molar-refractivity contribution in [3.05, 3.63) is 99.4 Å². The molecule has 0 saturated carbocycles. The van der Waals surface area contributed by atoms with E-state index in [9.17, 15) is 14.0 Å². The highest BCUT2D eigenvalue weighted by atomic mass is 79.9. The number of aliphatic imine (C=N–C) groups is 1. The molecular weight excluding hydrogens is 481 g/mol. The zero-order chi connectivity index (χ0) is 22.7. The fourth-order valence-electron chi connectivity index (χ4n) is 2.93. The summed E-state index contributed by atoms with van der Waals surface area (Å²) in [6.45, 7) is 0. The van der Waals surface area contributed by atoms with Gasteiger partial charge in [-0.1, -0.05) is 18.2 Å². The van der Waals surface area contributed by atoms with Crippen molar-refractivity contribution in [2.75, 3.05) is 7.11 Å². The van der Waals surface area contributed by atoms with Crippen LogP contribution < -0.4 is 9.47 Å². The van der Waals surface area contributed by atoms with Crippen LogP contribution in [0.1, 0.15) is 21.5 Å². The molecule has 8 heteroatoms. The van der Waals surface area contributed by atoms with Crippen LogP contribution in [-0.2, 0) is 9.53 Å². The maximum absolute atomic E-state index is 13.1. The van der Waals surface area contributed by atoms with Crippen LogP contribution in [0.4, 0.5) is 4.39 Å². The Labute approximate surface area is 191 Å². The van der Waals surface area contributed by atoms with E-state index < -0.39 is 17.8 Å². The van der Waals surface area contributed by atoms with Gasteiger partial charge in [-0.25, -0.2) is 19.0 Å². The molecule has 0 bridgehead atoms. The van der Waals surface area contributed by atoms with Gasteiger partial charge in [0, 0.05) is 5.56 Å².